The van der Waals surface area contributed by atoms with E-state index in [0.29, 0.717) is 11.6 Å². The molecule has 1 aromatic rings. The fraction of sp³-hybridized carbons (Fsp3) is 0.455. The number of hydrogen-bond donors (Lipinski definition) is 0. The summed E-state index contributed by atoms with van der Waals surface area (Å²) >= 11 is 0. The molecular weight excluding hydrogens is 162 g/mol. The van der Waals surface area contributed by atoms with Gasteiger partial charge in [-0.15, -0.1) is 0 Å². The molecule has 0 aromatic carbocycles. The van der Waals surface area contributed by atoms with Crippen LogP contribution in [-0.4, -0.2) is 11.3 Å². The van der Waals surface area contributed by atoms with Crippen LogP contribution in [0.5, 0.6) is 0 Å². The van der Waals surface area contributed by atoms with Gasteiger partial charge in [-0.05, 0) is 42.4 Å². The maximum atomic E-state index is 10.8. The van der Waals surface area contributed by atoms with Crippen molar-refractivity contribution in [3.63, 3.8) is 0 Å². The van der Waals surface area contributed by atoms with Crippen LogP contribution in [0.1, 0.15) is 47.3 Å². The van der Waals surface area contributed by atoms with E-state index in [4.69, 9.17) is 0 Å². The summed E-state index contributed by atoms with van der Waals surface area (Å²) in [5.41, 5.74) is 3.19. The molecule has 0 aliphatic heterocycles. The Hall–Kier alpha value is -1.18. The molecular formula is C11H13NO. The standard InChI is InChI=1S/C11H13NO/c1-2-8-3-4-9-5-6-12-10(7-13)11(8)9/h5-8H,2-4H2,1H3. The number of rotatable bonds is 2. The smallest absolute Gasteiger partial charge is 0.168 e. The predicted octanol–water partition coefficient (Wildman–Crippen LogP) is 2.33. The molecule has 13 heavy (non-hydrogen) atoms. The first-order valence-corrected chi connectivity index (χ1v) is 4.79. The third-order valence-corrected chi connectivity index (χ3v) is 2.89. The lowest BCUT2D eigenvalue weighted by Crippen LogP contribution is -1.99. The second-order valence-electron chi connectivity index (χ2n) is 3.53. The zero-order valence-electron chi connectivity index (χ0n) is 7.79. The Kier molecular flexibility index (Phi) is 2.13. The number of aryl methyl sites for hydroxylation is 1. The average molecular weight is 175 g/mol. The van der Waals surface area contributed by atoms with E-state index < -0.39 is 0 Å². The molecule has 2 heteroatoms. The third kappa shape index (κ3) is 1.26. The molecule has 2 rings (SSSR count). The summed E-state index contributed by atoms with van der Waals surface area (Å²) in [5.74, 6) is 0.559. The highest BCUT2D eigenvalue weighted by molar-refractivity contribution is 5.75. The van der Waals surface area contributed by atoms with E-state index in [1.54, 1.807) is 6.20 Å². The van der Waals surface area contributed by atoms with Crippen molar-refractivity contribution >= 4 is 6.29 Å². The summed E-state index contributed by atoms with van der Waals surface area (Å²) in [5, 5.41) is 0. The summed E-state index contributed by atoms with van der Waals surface area (Å²) in [6.07, 6.45) is 6.02. The van der Waals surface area contributed by atoms with Crippen molar-refractivity contribution in [2.45, 2.75) is 32.1 Å². The minimum Gasteiger partial charge on any atom is -0.296 e. The van der Waals surface area contributed by atoms with Crippen LogP contribution in [0.15, 0.2) is 12.3 Å². The van der Waals surface area contributed by atoms with Gasteiger partial charge in [-0.1, -0.05) is 6.92 Å². The summed E-state index contributed by atoms with van der Waals surface area (Å²) in [6, 6.07) is 2.04. The summed E-state index contributed by atoms with van der Waals surface area (Å²) < 4.78 is 0. The normalized spacial score (nSPS) is 19.9. The summed E-state index contributed by atoms with van der Waals surface area (Å²) in [4.78, 5) is 14.9. The van der Waals surface area contributed by atoms with Gasteiger partial charge < -0.3 is 0 Å². The topological polar surface area (TPSA) is 30.0 Å². The Morgan fingerprint density at radius 2 is 2.54 bits per heavy atom. The van der Waals surface area contributed by atoms with Gasteiger partial charge in [-0.3, -0.25) is 9.78 Å². The lowest BCUT2D eigenvalue weighted by Gasteiger charge is -2.09. The number of hydrogen-bond acceptors (Lipinski definition) is 2. The molecule has 0 radical (unpaired) electrons. The SMILES string of the molecule is CCC1CCc2ccnc(C=O)c21. The van der Waals surface area contributed by atoms with E-state index >= 15 is 0 Å². The molecule has 1 unspecified atom stereocenters. The monoisotopic (exact) mass is 175 g/mol. The quantitative estimate of drug-likeness (QED) is 0.646. The third-order valence-electron chi connectivity index (χ3n) is 2.89. The van der Waals surface area contributed by atoms with Gasteiger partial charge in [0, 0.05) is 6.20 Å². The zero-order chi connectivity index (χ0) is 9.26. The van der Waals surface area contributed by atoms with Crippen LogP contribution >= 0.6 is 0 Å². The van der Waals surface area contributed by atoms with Crippen molar-refractivity contribution in [1.82, 2.24) is 4.98 Å². The second-order valence-corrected chi connectivity index (χ2v) is 3.53. The fourth-order valence-electron chi connectivity index (χ4n) is 2.20. The van der Waals surface area contributed by atoms with Crippen molar-refractivity contribution in [3.8, 4) is 0 Å². The fourth-order valence-corrected chi connectivity index (χ4v) is 2.20. The van der Waals surface area contributed by atoms with Crippen LogP contribution in [0.4, 0.5) is 0 Å². The lowest BCUT2D eigenvalue weighted by atomic mass is 9.97. The molecule has 2 nitrogen and oxygen atoms in total. The van der Waals surface area contributed by atoms with Crippen LogP contribution in [-0.2, 0) is 6.42 Å². The number of nitrogens with zero attached hydrogens (tertiary/aromatic N) is 1. The van der Waals surface area contributed by atoms with Gasteiger partial charge in [0.1, 0.15) is 5.69 Å². The Morgan fingerprint density at radius 3 is 3.23 bits per heavy atom. The van der Waals surface area contributed by atoms with Crippen molar-refractivity contribution in [2.24, 2.45) is 0 Å². The first-order chi connectivity index (χ1) is 6.36. The molecule has 0 saturated heterocycles. The van der Waals surface area contributed by atoms with Crippen molar-refractivity contribution in [3.05, 3.63) is 29.1 Å². The maximum Gasteiger partial charge on any atom is 0.168 e. The highest BCUT2D eigenvalue weighted by Gasteiger charge is 2.24. The minimum atomic E-state index is 0.559. The molecule has 1 aromatic heterocycles. The molecule has 0 fully saturated rings. The van der Waals surface area contributed by atoms with Crippen LogP contribution < -0.4 is 0 Å². The van der Waals surface area contributed by atoms with Crippen LogP contribution in [0.25, 0.3) is 0 Å². The highest BCUT2D eigenvalue weighted by Crippen LogP contribution is 2.36. The Morgan fingerprint density at radius 1 is 1.69 bits per heavy atom. The van der Waals surface area contributed by atoms with Gasteiger partial charge in [0.25, 0.3) is 0 Å². The number of carbonyl (C=O) groups is 1. The molecule has 1 aliphatic carbocycles. The molecule has 0 spiro atoms. The molecule has 0 N–H and O–H groups in total. The zero-order valence-corrected chi connectivity index (χ0v) is 7.79. The Labute approximate surface area is 78.0 Å². The molecule has 0 saturated carbocycles. The first kappa shape index (κ1) is 8.42. The van der Waals surface area contributed by atoms with Crippen LogP contribution in [0, 0.1) is 0 Å². The van der Waals surface area contributed by atoms with Crippen LogP contribution in [0.2, 0.25) is 0 Å². The average Bonchev–Trinajstić information content (AvgIpc) is 2.60. The van der Waals surface area contributed by atoms with Gasteiger partial charge in [0.05, 0.1) is 0 Å². The number of aromatic nitrogens is 1. The van der Waals surface area contributed by atoms with Gasteiger partial charge in [-0.2, -0.15) is 0 Å². The first-order valence-electron chi connectivity index (χ1n) is 4.79. The molecule has 1 heterocycles. The largest absolute Gasteiger partial charge is 0.296 e. The van der Waals surface area contributed by atoms with Crippen molar-refractivity contribution < 1.29 is 4.79 Å². The molecule has 1 atom stereocenters. The Bertz CT molecular complexity index is 333. The molecule has 0 amide bonds. The van der Waals surface area contributed by atoms with E-state index in [-0.39, 0.29) is 0 Å². The van der Waals surface area contributed by atoms with Crippen molar-refractivity contribution in [1.29, 1.82) is 0 Å². The Balaban J connectivity index is 2.52. The van der Waals surface area contributed by atoms with Crippen molar-refractivity contribution in [2.75, 3.05) is 0 Å². The maximum absolute atomic E-state index is 10.8. The van der Waals surface area contributed by atoms with E-state index in [1.165, 1.54) is 17.5 Å². The van der Waals surface area contributed by atoms with Gasteiger partial charge in [0.15, 0.2) is 6.29 Å². The van der Waals surface area contributed by atoms with E-state index in [9.17, 15) is 4.79 Å². The van der Waals surface area contributed by atoms with E-state index in [0.717, 1.165) is 19.1 Å². The summed E-state index contributed by atoms with van der Waals surface area (Å²) in [7, 11) is 0. The lowest BCUT2D eigenvalue weighted by molar-refractivity contribution is 0.111. The second kappa shape index (κ2) is 3.29. The number of pyridine rings is 1. The minimum absolute atomic E-state index is 0.559. The summed E-state index contributed by atoms with van der Waals surface area (Å²) in [6.45, 7) is 2.17. The van der Waals surface area contributed by atoms with E-state index in [2.05, 4.69) is 11.9 Å². The van der Waals surface area contributed by atoms with E-state index in [1.807, 2.05) is 6.07 Å². The van der Waals surface area contributed by atoms with Crippen LogP contribution in [0.3, 0.4) is 0 Å². The number of aldehydes is 1. The molecule has 0 bridgehead atoms. The van der Waals surface area contributed by atoms with Gasteiger partial charge in [0.2, 0.25) is 0 Å². The molecule has 68 valence electrons. The number of fused-ring (bicyclic) bond motifs is 1. The van der Waals surface area contributed by atoms with Gasteiger partial charge in [-0.25, -0.2) is 0 Å². The highest BCUT2D eigenvalue weighted by atomic mass is 16.1. The predicted molar refractivity (Wildman–Crippen MR) is 51.0 cm³/mol. The molecule has 1 aliphatic rings. The van der Waals surface area contributed by atoms with Gasteiger partial charge >= 0.3 is 0 Å². The number of carbonyl (C=O) groups excluding carboxylic acids is 1.